The molecule has 0 bridgehead atoms. The first-order valence-electron chi connectivity index (χ1n) is 5.12. The van der Waals surface area contributed by atoms with Crippen LogP contribution in [0.2, 0.25) is 0 Å². The SMILES string of the molecule is C#CCC(NN)C1(C)CCCCC1. The van der Waals surface area contributed by atoms with Crippen LogP contribution in [0.4, 0.5) is 0 Å². The summed E-state index contributed by atoms with van der Waals surface area (Å²) < 4.78 is 0. The van der Waals surface area contributed by atoms with Crippen LogP contribution in [0.15, 0.2) is 0 Å². The summed E-state index contributed by atoms with van der Waals surface area (Å²) in [5.41, 5.74) is 3.19. The van der Waals surface area contributed by atoms with Gasteiger partial charge in [0.25, 0.3) is 0 Å². The summed E-state index contributed by atoms with van der Waals surface area (Å²) in [4.78, 5) is 0. The molecule has 1 aliphatic carbocycles. The zero-order valence-electron chi connectivity index (χ0n) is 8.47. The molecule has 3 N–H and O–H groups in total. The van der Waals surface area contributed by atoms with Crippen molar-refractivity contribution in [3.8, 4) is 12.3 Å². The number of rotatable bonds is 3. The van der Waals surface area contributed by atoms with Gasteiger partial charge in [0.15, 0.2) is 0 Å². The van der Waals surface area contributed by atoms with Gasteiger partial charge in [-0.25, -0.2) is 0 Å². The average Bonchev–Trinajstić information content (AvgIpc) is 2.15. The third-order valence-corrected chi connectivity index (χ3v) is 3.36. The van der Waals surface area contributed by atoms with E-state index < -0.39 is 0 Å². The summed E-state index contributed by atoms with van der Waals surface area (Å²) in [6.07, 6.45) is 12.6. The molecule has 1 rings (SSSR count). The topological polar surface area (TPSA) is 38.0 Å². The minimum absolute atomic E-state index is 0.290. The van der Waals surface area contributed by atoms with Crippen LogP contribution in [0.25, 0.3) is 0 Å². The maximum Gasteiger partial charge on any atom is 0.0373 e. The molecule has 1 aliphatic rings. The lowest BCUT2D eigenvalue weighted by Gasteiger charge is -2.39. The first kappa shape index (κ1) is 10.6. The van der Waals surface area contributed by atoms with E-state index in [1.54, 1.807) is 0 Å². The van der Waals surface area contributed by atoms with Gasteiger partial charge >= 0.3 is 0 Å². The minimum atomic E-state index is 0.290. The van der Waals surface area contributed by atoms with Crippen LogP contribution in [-0.4, -0.2) is 6.04 Å². The summed E-state index contributed by atoms with van der Waals surface area (Å²) >= 11 is 0. The Kier molecular flexibility index (Phi) is 3.77. The van der Waals surface area contributed by atoms with Gasteiger partial charge < -0.3 is 0 Å². The van der Waals surface area contributed by atoms with Crippen molar-refractivity contribution in [2.45, 2.75) is 51.5 Å². The molecule has 0 aromatic heterocycles. The summed E-state index contributed by atoms with van der Waals surface area (Å²) in [5, 5.41) is 0. The Morgan fingerprint density at radius 2 is 2.08 bits per heavy atom. The normalized spacial score (nSPS) is 23.5. The molecular formula is C11H20N2. The molecule has 2 heteroatoms. The molecular weight excluding hydrogens is 160 g/mol. The van der Waals surface area contributed by atoms with Gasteiger partial charge in [0, 0.05) is 12.5 Å². The zero-order valence-corrected chi connectivity index (χ0v) is 8.47. The quantitative estimate of drug-likeness (QED) is 0.395. The first-order valence-corrected chi connectivity index (χ1v) is 5.12. The highest BCUT2D eigenvalue weighted by molar-refractivity contribution is 4.97. The van der Waals surface area contributed by atoms with Crippen molar-refractivity contribution >= 4 is 0 Å². The van der Waals surface area contributed by atoms with Gasteiger partial charge in [-0.2, -0.15) is 0 Å². The number of nitrogens with two attached hydrogens (primary N) is 1. The van der Waals surface area contributed by atoms with Crippen LogP contribution >= 0.6 is 0 Å². The molecule has 0 amide bonds. The van der Waals surface area contributed by atoms with Crippen molar-refractivity contribution < 1.29 is 0 Å². The maximum absolute atomic E-state index is 5.53. The van der Waals surface area contributed by atoms with E-state index in [0.29, 0.717) is 5.41 Å². The average molecular weight is 180 g/mol. The van der Waals surface area contributed by atoms with Gasteiger partial charge in [0.2, 0.25) is 0 Å². The highest BCUT2D eigenvalue weighted by atomic mass is 15.2. The zero-order chi connectivity index (χ0) is 9.73. The van der Waals surface area contributed by atoms with Gasteiger partial charge in [-0.15, -0.1) is 12.3 Å². The Labute approximate surface area is 81.2 Å². The Morgan fingerprint density at radius 3 is 2.54 bits per heavy atom. The van der Waals surface area contributed by atoms with E-state index in [4.69, 9.17) is 12.3 Å². The van der Waals surface area contributed by atoms with Gasteiger partial charge in [0.1, 0.15) is 0 Å². The van der Waals surface area contributed by atoms with E-state index in [2.05, 4.69) is 18.3 Å². The first-order chi connectivity index (χ1) is 6.23. The fourth-order valence-electron chi connectivity index (χ4n) is 2.33. The Balaban J connectivity index is 2.58. The van der Waals surface area contributed by atoms with Crippen molar-refractivity contribution in [1.82, 2.24) is 5.43 Å². The molecule has 1 atom stereocenters. The van der Waals surface area contributed by atoms with Gasteiger partial charge in [-0.05, 0) is 18.3 Å². The van der Waals surface area contributed by atoms with E-state index in [-0.39, 0.29) is 6.04 Å². The lowest BCUT2D eigenvalue weighted by atomic mass is 9.70. The standard InChI is InChI=1S/C11H20N2/c1-3-7-10(13-12)11(2)8-5-4-6-9-11/h1,10,13H,4-9,12H2,2H3. The third kappa shape index (κ3) is 2.46. The highest BCUT2D eigenvalue weighted by Gasteiger charge is 2.34. The van der Waals surface area contributed by atoms with Crippen molar-refractivity contribution in [1.29, 1.82) is 0 Å². The van der Waals surface area contributed by atoms with E-state index >= 15 is 0 Å². The molecule has 0 aliphatic heterocycles. The van der Waals surface area contributed by atoms with Crippen LogP contribution in [0.1, 0.15) is 45.4 Å². The van der Waals surface area contributed by atoms with Crippen LogP contribution in [0.5, 0.6) is 0 Å². The summed E-state index contributed by atoms with van der Waals surface area (Å²) in [6, 6.07) is 0.290. The minimum Gasteiger partial charge on any atom is -0.271 e. The van der Waals surface area contributed by atoms with Crippen molar-refractivity contribution in [3.63, 3.8) is 0 Å². The second-order valence-electron chi connectivity index (χ2n) is 4.34. The largest absolute Gasteiger partial charge is 0.271 e. The molecule has 0 aromatic rings. The van der Waals surface area contributed by atoms with Gasteiger partial charge in [-0.1, -0.05) is 26.2 Å². The maximum atomic E-state index is 5.53. The van der Waals surface area contributed by atoms with Crippen molar-refractivity contribution in [3.05, 3.63) is 0 Å². The van der Waals surface area contributed by atoms with Gasteiger partial charge in [-0.3, -0.25) is 11.3 Å². The van der Waals surface area contributed by atoms with Gasteiger partial charge in [0.05, 0.1) is 0 Å². The summed E-state index contributed by atoms with van der Waals surface area (Å²) in [5.74, 6) is 8.23. The Hall–Kier alpha value is -0.520. The number of nitrogens with one attached hydrogen (secondary N) is 1. The summed E-state index contributed by atoms with van der Waals surface area (Å²) in [6.45, 7) is 2.30. The predicted octanol–water partition coefficient (Wildman–Crippen LogP) is 1.81. The van der Waals surface area contributed by atoms with Crippen molar-refractivity contribution in [2.75, 3.05) is 0 Å². The Morgan fingerprint density at radius 1 is 1.46 bits per heavy atom. The summed E-state index contributed by atoms with van der Waals surface area (Å²) in [7, 11) is 0. The molecule has 0 radical (unpaired) electrons. The lowest BCUT2D eigenvalue weighted by Crippen LogP contribution is -2.47. The van der Waals surface area contributed by atoms with E-state index in [1.807, 2.05) is 0 Å². The second-order valence-corrected chi connectivity index (χ2v) is 4.34. The number of hydrogen-bond acceptors (Lipinski definition) is 2. The molecule has 1 unspecified atom stereocenters. The molecule has 1 saturated carbocycles. The molecule has 0 saturated heterocycles. The number of hydrogen-bond donors (Lipinski definition) is 2. The van der Waals surface area contributed by atoms with E-state index in [9.17, 15) is 0 Å². The fourth-order valence-corrected chi connectivity index (χ4v) is 2.33. The highest BCUT2D eigenvalue weighted by Crippen LogP contribution is 2.39. The van der Waals surface area contributed by atoms with Crippen LogP contribution in [0.3, 0.4) is 0 Å². The van der Waals surface area contributed by atoms with E-state index in [0.717, 1.165) is 6.42 Å². The second kappa shape index (κ2) is 4.64. The smallest absolute Gasteiger partial charge is 0.0373 e. The number of terminal acetylenes is 1. The van der Waals surface area contributed by atoms with Crippen LogP contribution in [-0.2, 0) is 0 Å². The Bertz CT molecular complexity index is 187. The number of hydrazine groups is 1. The molecule has 0 heterocycles. The fraction of sp³-hybridized carbons (Fsp3) is 0.818. The molecule has 1 fully saturated rings. The molecule has 13 heavy (non-hydrogen) atoms. The van der Waals surface area contributed by atoms with Crippen molar-refractivity contribution in [2.24, 2.45) is 11.3 Å². The van der Waals surface area contributed by atoms with Crippen LogP contribution in [0, 0.1) is 17.8 Å². The predicted molar refractivity (Wildman–Crippen MR) is 55.8 cm³/mol. The monoisotopic (exact) mass is 180 g/mol. The molecule has 0 spiro atoms. The molecule has 0 aromatic carbocycles. The third-order valence-electron chi connectivity index (χ3n) is 3.36. The lowest BCUT2D eigenvalue weighted by molar-refractivity contribution is 0.147. The molecule has 2 nitrogen and oxygen atoms in total. The molecule has 74 valence electrons. The van der Waals surface area contributed by atoms with Crippen LogP contribution < -0.4 is 11.3 Å². The van der Waals surface area contributed by atoms with E-state index in [1.165, 1.54) is 32.1 Å².